The van der Waals surface area contributed by atoms with E-state index in [1.54, 1.807) is 0 Å². The number of carbonyl (C=O) groups is 2. The van der Waals surface area contributed by atoms with Gasteiger partial charge in [0, 0.05) is 30.3 Å². The van der Waals surface area contributed by atoms with Crippen LogP contribution in [0, 0.1) is 5.92 Å². The molecular formula is C29H39N3O3. The fourth-order valence-electron chi connectivity index (χ4n) is 5.12. The van der Waals surface area contributed by atoms with Gasteiger partial charge >= 0.3 is 0 Å². The third kappa shape index (κ3) is 5.53. The summed E-state index contributed by atoms with van der Waals surface area (Å²) in [5, 5.41) is 3.34. The first-order chi connectivity index (χ1) is 16.9. The Morgan fingerprint density at radius 3 is 2.49 bits per heavy atom. The van der Waals surface area contributed by atoms with Gasteiger partial charge in [-0.3, -0.25) is 9.59 Å². The van der Waals surface area contributed by atoms with Crippen LogP contribution < -0.4 is 15.0 Å². The lowest BCUT2D eigenvalue weighted by Gasteiger charge is -2.34. The summed E-state index contributed by atoms with van der Waals surface area (Å²) in [5.41, 5.74) is 3.77. The monoisotopic (exact) mass is 477 g/mol. The smallest absolute Gasteiger partial charge is 0.258 e. The molecule has 2 atom stereocenters. The van der Waals surface area contributed by atoms with Gasteiger partial charge in [-0.1, -0.05) is 25.1 Å². The van der Waals surface area contributed by atoms with Gasteiger partial charge in [0.15, 0.2) is 0 Å². The van der Waals surface area contributed by atoms with Crippen molar-refractivity contribution in [3.63, 3.8) is 0 Å². The number of fused-ring (bicyclic) bond motifs is 1. The van der Waals surface area contributed by atoms with Crippen LogP contribution in [0.5, 0.6) is 5.75 Å². The number of amides is 2. The number of piperidine rings is 1. The quantitative estimate of drug-likeness (QED) is 0.583. The average Bonchev–Trinajstić information content (AvgIpc) is 2.90. The second-order valence-corrected chi connectivity index (χ2v) is 9.78. The fraction of sp³-hybridized carbons (Fsp3) is 0.517. The Balaban J connectivity index is 1.48. The second kappa shape index (κ2) is 11.3. The van der Waals surface area contributed by atoms with Crippen molar-refractivity contribution in [3.05, 3.63) is 59.2 Å². The molecule has 1 N–H and O–H groups in total. The van der Waals surface area contributed by atoms with Gasteiger partial charge in [0.05, 0.1) is 12.1 Å². The topological polar surface area (TPSA) is 61.9 Å². The summed E-state index contributed by atoms with van der Waals surface area (Å²) in [7, 11) is 0. The first-order valence-electron chi connectivity index (χ1n) is 13.2. The number of nitrogens with one attached hydrogen (secondary N) is 1. The van der Waals surface area contributed by atoms with Gasteiger partial charge in [-0.15, -0.1) is 0 Å². The summed E-state index contributed by atoms with van der Waals surface area (Å²) < 4.78 is 5.95. The van der Waals surface area contributed by atoms with E-state index in [2.05, 4.69) is 31.3 Å². The minimum Gasteiger partial charge on any atom is -0.491 e. The number of nitrogens with zero attached hydrogens (tertiary/aromatic N) is 2. The zero-order valence-electron chi connectivity index (χ0n) is 21.5. The van der Waals surface area contributed by atoms with E-state index in [1.807, 2.05) is 54.0 Å². The second-order valence-electron chi connectivity index (χ2n) is 9.78. The minimum absolute atomic E-state index is 0.00511. The molecule has 35 heavy (non-hydrogen) atoms. The molecule has 2 aliphatic heterocycles. The van der Waals surface area contributed by atoms with E-state index in [9.17, 15) is 9.59 Å². The Labute approximate surface area is 209 Å². The van der Waals surface area contributed by atoms with Crippen molar-refractivity contribution in [2.75, 3.05) is 31.1 Å². The van der Waals surface area contributed by atoms with Crippen molar-refractivity contribution in [3.8, 4) is 5.75 Å². The highest BCUT2D eigenvalue weighted by atomic mass is 16.5. The zero-order chi connectivity index (χ0) is 24.9. The summed E-state index contributed by atoms with van der Waals surface area (Å²) in [4.78, 5) is 30.4. The first-order valence-corrected chi connectivity index (χ1v) is 13.2. The Morgan fingerprint density at radius 1 is 1.11 bits per heavy atom. The number of benzene rings is 2. The SMILES string of the molecule is CC[C@@H](C)Oc1ccc2c(c1)C(=O)N(c1ccc(C(C)N(CC)C(=O)C3CCNCC3)cc1)CC2. The van der Waals surface area contributed by atoms with Gasteiger partial charge in [-0.25, -0.2) is 0 Å². The van der Waals surface area contributed by atoms with Crippen LogP contribution in [0.15, 0.2) is 42.5 Å². The van der Waals surface area contributed by atoms with E-state index in [0.29, 0.717) is 13.1 Å². The number of ether oxygens (including phenoxy) is 1. The molecule has 0 aliphatic carbocycles. The Hall–Kier alpha value is -2.86. The number of hydrogen-bond acceptors (Lipinski definition) is 4. The minimum atomic E-state index is -0.00511. The zero-order valence-corrected chi connectivity index (χ0v) is 21.5. The van der Waals surface area contributed by atoms with Crippen molar-refractivity contribution in [1.29, 1.82) is 0 Å². The van der Waals surface area contributed by atoms with Crippen LogP contribution in [0.4, 0.5) is 5.69 Å². The molecule has 0 aromatic heterocycles. The highest BCUT2D eigenvalue weighted by Gasteiger charge is 2.29. The maximum atomic E-state index is 13.4. The molecule has 6 heteroatoms. The van der Waals surface area contributed by atoms with Crippen molar-refractivity contribution in [2.24, 2.45) is 5.92 Å². The van der Waals surface area contributed by atoms with E-state index in [4.69, 9.17) is 4.74 Å². The fourth-order valence-corrected chi connectivity index (χ4v) is 5.12. The standard InChI is InChI=1S/C29H39N3O3/c1-5-20(3)35-26-12-9-23-15-18-32(29(34)27(23)19-26)25-10-7-22(8-11-25)21(4)31(6-2)28(33)24-13-16-30-17-14-24/h7-12,19-21,24,30H,5-6,13-18H2,1-4H3/t20-,21?/m1/s1. The molecule has 0 saturated carbocycles. The molecule has 0 radical (unpaired) electrons. The number of anilines is 1. The Kier molecular flexibility index (Phi) is 8.11. The lowest BCUT2D eigenvalue weighted by Crippen LogP contribution is -2.42. The van der Waals surface area contributed by atoms with Gasteiger partial charge in [0.25, 0.3) is 5.91 Å². The van der Waals surface area contributed by atoms with Crippen molar-refractivity contribution in [1.82, 2.24) is 10.2 Å². The summed E-state index contributed by atoms with van der Waals surface area (Å²) >= 11 is 0. The predicted octanol–water partition coefficient (Wildman–Crippen LogP) is 4.98. The maximum Gasteiger partial charge on any atom is 0.258 e. The van der Waals surface area contributed by atoms with Crippen LogP contribution in [0.3, 0.4) is 0 Å². The van der Waals surface area contributed by atoms with E-state index in [1.165, 1.54) is 0 Å². The molecule has 2 aromatic carbocycles. The molecule has 6 nitrogen and oxygen atoms in total. The van der Waals surface area contributed by atoms with Gasteiger partial charge in [0.2, 0.25) is 5.91 Å². The molecule has 2 amide bonds. The molecular weight excluding hydrogens is 438 g/mol. The first kappa shape index (κ1) is 25.2. The van der Waals surface area contributed by atoms with E-state index in [0.717, 1.165) is 66.9 Å². The number of hydrogen-bond donors (Lipinski definition) is 1. The molecule has 1 unspecified atom stereocenters. The molecule has 2 aliphatic rings. The van der Waals surface area contributed by atoms with E-state index >= 15 is 0 Å². The normalized spacial score (nSPS) is 18.1. The maximum absolute atomic E-state index is 13.4. The van der Waals surface area contributed by atoms with Crippen LogP contribution in [0.25, 0.3) is 0 Å². The Bertz CT molecular complexity index is 1030. The van der Waals surface area contributed by atoms with Crippen LogP contribution >= 0.6 is 0 Å². The van der Waals surface area contributed by atoms with Crippen molar-refractivity contribution >= 4 is 17.5 Å². The number of rotatable bonds is 8. The molecule has 0 spiro atoms. The largest absolute Gasteiger partial charge is 0.491 e. The predicted molar refractivity (Wildman–Crippen MR) is 140 cm³/mol. The molecule has 2 heterocycles. The van der Waals surface area contributed by atoms with Gasteiger partial charge in [-0.05, 0) is 94.9 Å². The summed E-state index contributed by atoms with van der Waals surface area (Å²) in [5.74, 6) is 1.12. The van der Waals surface area contributed by atoms with Gasteiger partial charge in [-0.2, -0.15) is 0 Å². The molecule has 4 rings (SSSR count). The van der Waals surface area contributed by atoms with Crippen molar-refractivity contribution < 1.29 is 14.3 Å². The van der Waals surface area contributed by atoms with E-state index in [-0.39, 0.29) is 29.9 Å². The van der Waals surface area contributed by atoms with Crippen molar-refractivity contribution in [2.45, 2.75) is 65.5 Å². The van der Waals surface area contributed by atoms with E-state index < -0.39 is 0 Å². The molecule has 2 aromatic rings. The molecule has 1 fully saturated rings. The highest BCUT2D eigenvalue weighted by Crippen LogP contribution is 2.30. The third-order valence-corrected chi connectivity index (χ3v) is 7.54. The van der Waals surface area contributed by atoms with Crippen LogP contribution in [0.2, 0.25) is 0 Å². The molecule has 1 saturated heterocycles. The summed E-state index contributed by atoms with van der Waals surface area (Å²) in [6.07, 6.45) is 3.66. The summed E-state index contributed by atoms with van der Waals surface area (Å²) in [6, 6.07) is 14.0. The van der Waals surface area contributed by atoms with Gasteiger partial charge in [0.1, 0.15) is 5.75 Å². The average molecular weight is 478 g/mol. The van der Waals surface area contributed by atoms with Crippen LogP contribution in [0.1, 0.15) is 74.5 Å². The van der Waals surface area contributed by atoms with Crippen LogP contribution in [-0.2, 0) is 11.2 Å². The van der Waals surface area contributed by atoms with Crippen LogP contribution in [-0.4, -0.2) is 49.0 Å². The molecule has 188 valence electrons. The Morgan fingerprint density at radius 2 is 1.83 bits per heavy atom. The molecule has 0 bridgehead atoms. The van der Waals surface area contributed by atoms with Gasteiger partial charge < -0.3 is 19.9 Å². The summed E-state index contributed by atoms with van der Waals surface area (Å²) in [6.45, 7) is 11.4. The third-order valence-electron chi connectivity index (χ3n) is 7.54. The number of carbonyl (C=O) groups excluding carboxylic acids is 2. The highest BCUT2D eigenvalue weighted by molar-refractivity contribution is 6.08. The lowest BCUT2D eigenvalue weighted by molar-refractivity contribution is -0.138. The lowest BCUT2D eigenvalue weighted by atomic mass is 9.95.